The van der Waals surface area contributed by atoms with E-state index in [1.807, 2.05) is 0 Å². The number of hydrogen-bond donors (Lipinski definition) is 4. The molecule has 0 saturated heterocycles. The molecule has 0 amide bonds. The molecule has 0 radical (unpaired) electrons. The molecule has 1 heterocycles. The second-order valence-corrected chi connectivity index (χ2v) is 5.66. The zero-order valence-corrected chi connectivity index (χ0v) is 12.0. The summed E-state index contributed by atoms with van der Waals surface area (Å²) in [5, 5.41) is 0. The van der Waals surface area contributed by atoms with Gasteiger partial charge >= 0.3 is 7.60 Å². The van der Waals surface area contributed by atoms with Gasteiger partial charge in [-0.05, 0) is 6.20 Å². The molecule has 1 rings (SSSR count). The van der Waals surface area contributed by atoms with E-state index in [9.17, 15) is 8.96 Å². The average Bonchev–Trinajstić information content (AvgIpc) is 2.42. The van der Waals surface area contributed by atoms with Crippen molar-refractivity contribution in [3.05, 3.63) is 19.1 Å². The van der Waals surface area contributed by atoms with E-state index in [-0.39, 0.29) is 23.9 Å². The molecular weight excluding hydrogens is 304 g/mol. The van der Waals surface area contributed by atoms with Crippen LogP contribution < -0.4 is 16.4 Å². The fourth-order valence-corrected chi connectivity index (χ4v) is 1.85. The summed E-state index contributed by atoms with van der Waals surface area (Å²) in [6.07, 6.45) is 0.528. The molecule has 9 nitrogen and oxygen atoms in total. The molecule has 1 unspecified atom stereocenters. The first-order valence-electron chi connectivity index (χ1n) is 5.75. The van der Waals surface area contributed by atoms with E-state index < -0.39 is 26.7 Å². The quantitative estimate of drug-likeness (QED) is 0.488. The zero-order chi connectivity index (χ0) is 16.0. The number of rotatable bonds is 8. The molecule has 1 atom stereocenters. The van der Waals surface area contributed by atoms with Gasteiger partial charge in [-0.3, -0.25) is 4.57 Å². The number of aromatic nitrogens is 2. The van der Waals surface area contributed by atoms with E-state index in [1.54, 1.807) is 0 Å². The summed E-state index contributed by atoms with van der Waals surface area (Å²) in [5.41, 5.74) is 11.4. The summed E-state index contributed by atoms with van der Waals surface area (Å²) in [5.74, 6) is 0.260. The third-order valence-corrected chi connectivity index (χ3v) is 2.92. The SMILES string of the molecule is C=CN(CC(CF)OCP(=O)(O)O)c1ncnc(N)c1N. The first-order chi connectivity index (χ1) is 9.78. The van der Waals surface area contributed by atoms with Gasteiger partial charge in [0.05, 0.1) is 6.54 Å². The topological polar surface area (TPSA) is 148 Å². The fraction of sp³-hybridized carbons (Fsp3) is 0.400. The van der Waals surface area contributed by atoms with Crippen molar-refractivity contribution in [2.45, 2.75) is 6.10 Å². The Hall–Kier alpha value is -1.74. The second kappa shape index (κ2) is 7.32. The molecule has 21 heavy (non-hydrogen) atoms. The Labute approximate surface area is 120 Å². The van der Waals surface area contributed by atoms with Gasteiger partial charge in [0.25, 0.3) is 0 Å². The predicted octanol–water partition coefficient (Wildman–Crippen LogP) is 0.0808. The van der Waals surface area contributed by atoms with Gasteiger partial charge in [0.1, 0.15) is 31.1 Å². The average molecular weight is 321 g/mol. The summed E-state index contributed by atoms with van der Waals surface area (Å²) in [7, 11) is -4.38. The van der Waals surface area contributed by atoms with Gasteiger partial charge in [0.2, 0.25) is 0 Å². The number of alkyl halides is 1. The van der Waals surface area contributed by atoms with Crippen LogP contribution in [0.3, 0.4) is 0 Å². The Morgan fingerprint density at radius 2 is 2.19 bits per heavy atom. The highest BCUT2D eigenvalue weighted by atomic mass is 31.2. The molecule has 0 aliphatic heterocycles. The van der Waals surface area contributed by atoms with Crippen molar-refractivity contribution in [3.63, 3.8) is 0 Å². The standard InChI is InChI=1S/C10H17FN5O4P/c1-2-16(10-8(12)9(13)14-5-15-10)4-7(3-11)20-6-21(17,18)19/h2,5,7H,1,3-4,6,12H2,(H2,13,14,15)(H2,17,18,19). The molecule has 0 fully saturated rings. The lowest BCUT2D eigenvalue weighted by molar-refractivity contribution is 0.0617. The first kappa shape index (κ1) is 17.3. The number of anilines is 3. The van der Waals surface area contributed by atoms with Gasteiger partial charge in [-0.25, -0.2) is 14.4 Å². The molecule has 0 aliphatic rings. The van der Waals surface area contributed by atoms with Crippen LogP contribution in [0.5, 0.6) is 0 Å². The zero-order valence-electron chi connectivity index (χ0n) is 11.1. The lowest BCUT2D eigenvalue weighted by Crippen LogP contribution is -2.33. The maximum Gasteiger partial charge on any atom is 0.350 e. The van der Waals surface area contributed by atoms with E-state index in [2.05, 4.69) is 16.5 Å². The highest BCUT2D eigenvalue weighted by Gasteiger charge is 2.21. The molecule has 0 aliphatic carbocycles. The van der Waals surface area contributed by atoms with Crippen LogP contribution >= 0.6 is 7.60 Å². The Kier molecular flexibility index (Phi) is 6.03. The smallest absolute Gasteiger partial charge is 0.350 e. The maximum absolute atomic E-state index is 12.9. The molecule has 11 heteroatoms. The Balaban J connectivity index is 2.82. The van der Waals surface area contributed by atoms with Gasteiger partial charge in [-0.15, -0.1) is 0 Å². The number of hydrogen-bond acceptors (Lipinski definition) is 7. The van der Waals surface area contributed by atoms with Gasteiger partial charge in [-0.1, -0.05) is 6.58 Å². The molecular formula is C10H17FN5O4P. The van der Waals surface area contributed by atoms with Gasteiger partial charge < -0.3 is 30.9 Å². The van der Waals surface area contributed by atoms with Gasteiger partial charge in [0.15, 0.2) is 11.6 Å². The predicted molar refractivity (Wildman–Crippen MR) is 76.2 cm³/mol. The van der Waals surface area contributed by atoms with Crippen LogP contribution in [0.1, 0.15) is 0 Å². The van der Waals surface area contributed by atoms with Crippen LogP contribution in [-0.2, 0) is 9.30 Å². The molecule has 6 N–H and O–H groups in total. The molecule has 1 aromatic rings. The number of halogens is 1. The minimum absolute atomic E-state index is 0.0554. The Morgan fingerprint density at radius 3 is 2.71 bits per heavy atom. The van der Waals surface area contributed by atoms with E-state index in [0.717, 1.165) is 0 Å². The molecule has 0 saturated carbocycles. The highest BCUT2D eigenvalue weighted by Crippen LogP contribution is 2.34. The van der Waals surface area contributed by atoms with E-state index in [1.165, 1.54) is 17.4 Å². The lowest BCUT2D eigenvalue weighted by Gasteiger charge is -2.25. The third kappa shape index (κ3) is 5.27. The van der Waals surface area contributed by atoms with Crippen LogP contribution in [-0.4, -0.2) is 45.4 Å². The van der Waals surface area contributed by atoms with Crippen molar-refractivity contribution in [1.82, 2.24) is 9.97 Å². The molecule has 0 aromatic carbocycles. The number of ether oxygens (including phenoxy) is 1. The lowest BCUT2D eigenvalue weighted by atomic mass is 10.3. The first-order valence-corrected chi connectivity index (χ1v) is 7.55. The van der Waals surface area contributed by atoms with E-state index in [0.29, 0.717) is 0 Å². The van der Waals surface area contributed by atoms with Crippen LogP contribution in [0.2, 0.25) is 0 Å². The molecule has 118 valence electrons. The highest BCUT2D eigenvalue weighted by molar-refractivity contribution is 7.51. The van der Waals surface area contributed by atoms with Crippen LogP contribution in [0.15, 0.2) is 19.1 Å². The fourth-order valence-electron chi connectivity index (χ4n) is 1.44. The van der Waals surface area contributed by atoms with Gasteiger partial charge in [-0.2, -0.15) is 0 Å². The summed E-state index contributed by atoms with van der Waals surface area (Å²) in [4.78, 5) is 26.4. The molecule has 0 spiro atoms. The summed E-state index contributed by atoms with van der Waals surface area (Å²) < 4.78 is 28.5. The molecule has 1 aromatic heterocycles. The normalized spacial score (nSPS) is 12.9. The van der Waals surface area contributed by atoms with Crippen LogP contribution in [0.25, 0.3) is 0 Å². The monoisotopic (exact) mass is 321 g/mol. The summed E-state index contributed by atoms with van der Waals surface area (Å²) in [6, 6.07) is 0. The summed E-state index contributed by atoms with van der Waals surface area (Å²) >= 11 is 0. The number of nitrogen functional groups attached to an aromatic ring is 2. The Morgan fingerprint density at radius 1 is 1.52 bits per heavy atom. The van der Waals surface area contributed by atoms with Crippen molar-refractivity contribution in [2.24, 2.45) is 0 Å². The largest absolute Gasteiger partial charge is 0.393 e. The van der Waals surface area contributed by atoms with E-state index in [4.69, 9.17) is 26.0 Å². The van der Waals surface area contributed by atoms with Crippen LogP contribution in [0, 0.1) is 0 Å². The van der Waals surface area contributed by atoms with E-state index >= 15 is 0 Å². The number of nitrogens with two attached hydrogens (primary N) is 2. The second-order valence-electron chi connectivity index (χ2n) is 4.07. The van der Waals surface area contributed by atoms with Crippen molar-refractivity contribution in [3.8, 4) is 0 Å². The third-order valence-electron chi connectivity index (χ3n) is 2.44. The van der Waals surface area contributed by atoms with Crippen molar-refractivity contribution in [2.75, 3.05) is 35.9 Å². The van der Waals surface area contributed by atoms with Gasteiger partial charge in [0, 0.05) is 0 Å². The number of nitrogens with zero attached hydrogens (tertiary/aromatic N) is 3. The minimum atomic E-state index is -4.38. The van der Waals surface area contributed by atoms with Crippen molar-refractivity contribution >= 4 is 24.9 Å². The van der Waals surface area contributed by atoms with Crippen molar-refractivity contribution < 1.29 is 23.5 Å². The van der Waals surface area contributed by atoms with Crippen LogP contribution in [0.4, 0.5) is 21.7 Å². The Bertz CT molecular complexity index is 540. The summed E-state index contributed by atoms with van der Waals surface area (Å²) in [6.45, 7) is 2.49. The molecule has 0 bridgehead atoms. The van der Waals surface area contributed by atoms with Crippen molar-refractivity contribution in [1.29, 1.82) is 0 Å². The minimum Gasteiger partial charge on any atom is -0.393 e. The maximum atomic E-state index is 12.9.